The van der Waals surface area contributed by atoms with Crippen molar-refractivity contribution in [1.82, 2.24) is 10.2 Å². The fourth-order valence-corrected chi connectivity index (χ4v) is 3.18. The van der Waals surface area contributed by atoms with Gasteiger partial charge in [-0.3, -0.25) is 0 Å². The van der Waals surface area contributed by atoms with E-state index in [1.165, 1.54) is 0 Å². The maximum Gasteiger partial charge on any atom is 0.146 e. The molecule has 1 aromatic carbocycles. The molecule has 2 rings (SSSR count). The van der Waals surface area contributed by atoms with E-state index < -0.39 is 0 Å². The predicted octanol–water partition coefficient (Wildman–Crippen LogP) is 3.03. The molecule has 1 saturated heterocycles. The van der Waals surface area contributed by atoms with E-state index >= 15 is 0 Å². The summed E-state index contributed by atoms with van der Waals surface area (Å²) in [4.78, 5) is 4.53. The number of anilines is 1. The van der Waals surface area contributed by atoms with Crippen LogP contribution in [0.3, 0.4) is 0 Å². The first-order chi connectivity index (χ1) is 10.0. The number of hydrogen-bond acceptors (Lipinski definition) is 3. The van der Waals surface area contributed by atoms with Crippen LogP contribution in [0.25, 0.3) is 0 Å². The standard InChI is InChI=1S/C17H28FN3/c1-5-19-14(3)15-7-8-17(16(18)11-15)21-10-6-9-20(4)12-13(21)2/h7-8,11,13-14,19H,5-6,9-10,12H2,1-4H3. The molecule has 118 valence electrons. The Balaban J connectivity index is 2.19. The minimum Gasteiger partial charge on any atom is -0.365 e. The average Bonchev–Trinajstić information content (AvgIpc) is 2.60. The van der Waals surface area contributed by atoms with Crippen molar-refractivity contribution in [2.24, 2.45) is 0 Å². The monoisotopic (exact) mass is 293 g/mol. The molecule has 4 heteroatoms. The van der Waals surface area contributed by atoms with Crippen molar-refractivity contribution in [2.45, 2.75) is 39.3 Å². The van der Waals surface area contributed by atoms with Crippen LogP contribution < -0.4 is 10.2 Å². The van der Waals surface area contributed by atoms with Crippen LogP contribution in [0.5, 0.6) is 0 Å². The molecule has 1 aliphatic rings. The lowest BCUT2D eigenvalue weighted by Crippen LogP contribution is -2.38. The molecule has 2 unspecified atom stereocenters. The lowest BCUT2D eigenvalue weighted by Gasteiger charge is -2.30. The van der Waals surface area contributed by atoms with Crippen LogP contribution in [-0.2, 0) is 0 Å². The molecule has 2 atom stereocenters. The van der Waals surface area contributed by atoms with Crippen LogP contribution in [0.4, 0.5) is 10.1 Å². The van der Waals surface area contributed by atoms with E-state index in [9.17, 15) is 4.39 Å². The molecule has 0 aliphatic carbocycles. The molecule has 21 heavy (non-hydrogen) atoms. The van der Waals surface area contributed by atoms with Gasteiger partial charge in [0.15, 0.2) is 0 Å². The highest BCUT2D eigenvalue weighted by atomic mass is 19.1. The Morgan fingerprint density at radius 1 is 1.38 bits per heavy atom. The Morgan fingerprint density at radius 2 is 2.14 bits per heavy atom. The van der Waals surface area contributed by atoms with Gasteiger partial charge in [0, 0.05) is 25.2 Å². The third-order valence-electron chi connectivity index (χ3n) is 4.34. The van der Waals surface area contributed by atoms with Gasteiger partial charge in [-0.05, 0) is 58.1 Å². The first-order valence-corrected chi connectivity index (χ1v) is 8.01. The fraction of sp³-hybridized carbons (Fsp3) is 0.647. The van der Waals surface area contributed by atoms with E-state index in [0.717, 1.165) is 43.9 Å². The molecule has 1 fully saturated rings. The molecule has 0 spiro atoms. The summed E-state index contributed by atoms with van der Waals surface area (Å²) in [6.45, 7) is 10.2. The van der Waals surface area contributed by atoms with Gasteiger partial charge in [-0.1, -0.05) is 13.0 Å². The molecular weight excluding hydrogens is 265 g/mol. The van der Waals surface area contributed by atoms with Gasteiger partial charge in [0.05, 0.1) is 5.69 Å². The Morgan fingerprint density at radius 3 is 2.81 bits per heavy atom. The number of likely N-dealkylation sites (N-methyl/N-ethyl adjacent to an activating group) is 1. The first kappa shape index (κ1) is 16.2. The number of halogens is 1. The van der Waals surface area contributed by atoms with Crippen LogP contribution in [0.15, 0.2) is 18.2 Å². The Labute approximate surface area is 128 Å². The van der Waals surface area contributed by atoms with Crippen molar-refractivity contribution in [3.8, 4) is 0 Å². The predicted molar refractivity (Wildman–Crippen MR) is 87.4 cm³/mol. The van der Waals surface area contributed by atoms with Gasteiger partial charge >= 0.3 is 0 Å². The van der Waals surface area contributed by atoms with Gasteiger partial charge in [0.2, 0.25) is 0 Å². The van der Waals surface area contributed by atoms with Gasteiger partial charge in [-0.2, -0.15) is 0 Å². The van der Waals surface area contributed by atoms with Crippen molar-refractivity contribution in [1.29, 1.82) is 0 Å². The summed E-state index contributed by atoms with van der Waals surface area (Å²) in [7, 11) is 2.14. The molecule has 0 radical (unpaired) electrons. The van der Waals surface area contributed by atoms with E-state index in [4.69, 9.17) is 0 Å². The minimum absolute atomic E-state index is 0.103. The number of nitrogens with one attached hydrogen (secondary N) is 1. The molecule has 1 aromatic rings. The summed E-state index contributed by atoms with van der Waals surface area (Å²) in [5, 5.41) is 3.33. The Kier molecular flexibility index (Phi) is 5.59. The summed E-state index contributed by atoms with van der Waals surface area (Å²) in [5.41, 5.74) is 1.75. The summed E-state index contributed by atoms with van der Waals surface area (Å²) >= 11 is 0. The molecule has 1 N–H and O–H groups in total. The van der Waals surface area contributed by atoms with Crippen LogP contribution in [-0.4, -0.2) is 44.2 Å². The maximum atomic E-state index is 14.6. The largest absolute Gasteiger partial charge is 0.365 e. The molecule has 0 bridgehead atoms. The molecule has 0 aromatic heterocycles. The number of rotatable bonds is 4. The zero-order valence-electron chi connectivity index (χ0n) is 13.7. The van der Waals surface area contributed by atoms with Gasteiger partial charge in [0.1, 0.15) is 5.82 Å². The lowest BCUT2D eigenvalue weighted by atomic mass is 10.1. The van der Waals surface area contributed by atoms with E-state index in [1.54, 1.807) is 6.07 Å². The Hall–Kier alpha value is -1.13. The highest BCUT2D eigenvalue weighted by Crippen LogP contribution is 2.26. The van der Waals surface area contributed by atoms with E-state index in [2.05, 4.69) is 42.9 Å². The van der Waals surface area contributed by atoms with E-state index in [1.807, 2.05) is 12.1 Å². The summed E-state index contributed by atoms with van der Waals surface area (Å²) < 4.78 is 14.6. The summed E-state index contributed by atoms with van der Waals surface area (Å²) in [5.74, 6) is -0.103. The summed E-state index contributed by atoms with van der Waals surface area (Å²) in [6, 6.07) is 6.20. The quantitative estimate of drug-likeness (QED) is 0.920. The first-order valence-electron chi connectivity index (χ1n) is 8.01. The van der Waals surface area contributed by atoms with Gasteiger partial charge in [-0.25, -0.2) is 4.39 Å². The lowest BCUT2D eigenvalue weighted by molar-refractivity contribution is 0.337. The Bertz CT molecular complexity index is 463. The smallest absolute Gasteiger partial charge is 0.146 e. The van der Waals surface area contributed by atoms with Crippen LogP contribution in [0.1, 0.15) is 38.8 Å². The zero-order valence-corrected chi connectivity index (χ0v) is 13.7. The molecule has 1 heterocycles. The number of nitrogens with zero attached hydrogens (tertiary/aromatic N) is 2. The fourth-order valence-electron chi connectivity index (χ4n) is 3.18. The highest BCUT2D eigenvalue weighted by molar-refractivity contribution is 5.50. The van der Waals surface area contributed by atoms with E-state index in [0.29, 0.717) is 6.04 Å². The van der Waals surface area contributed by atoms with Crippen LogP contribution in [0.2, 0.25) is 0 Å². The third kappa shape index (κ3) is 3.95. The van der Waals surface area contributed by atoms with Crippen molar-refractivity contribution in [3.05, 3.63) is 29.6 Å². The minimum atomic E-state index is -0.103. The van der Waals surface area contributed by atoms with E-state index in [-0.39, 0.29) is 11.9 Å². The molecule has 1 aliphatic heterocycles. The van der Waals surface area contributed by atoms with Gasteiger partial charge < -0.3 is 15.1 Å². The molecule has 0 amide bonds. The second kappa shape index (κ2) is 7.23. The van der Waals surface area contributed by atoms with Crippen molar-refractivity contribution in [3.63, 3.8) is 0 Å². The number of hydrogen-bond donors (Lipinski definition) is 1. The van der Waals surface area contributed by atoms with Crippen molar-refractivity contribution >= 4 is 5.69 Å². The van der Waals surface area contributed by atoms with Gasteiger partial charge in [0.25, 0.3) is 0 Å². The average molecular weight is 293 g/mol. The van der Waals surface area contributed by atoms with Crippen molar-refractivity contribution < 1.29 is 4.39 Å². The second-order valence-electron chi connectivity index (χ2n) is 6.15. The van der Waals surface area contributed by atoms with Gasteiger partial charge in [-0.15, -0.1) is 0 Å². The number of benzene rings is 1. The SMILES string of the molecule is CCNC(C)c1ccc(N2CCCN(C)CC2C)c(F)c1. The summed E-state index contributed by atoms with van der Waals surface area (Å²) in [6.07, 6.45) is 1.08. The van der Waals surface area contributed by atoms with Crippen molar-refractivity contribution in [2.75, 3.05) is 38.1 Å². The second-order valence-corrected chi connectivity index (χ2v) is 6.15. The molecular formula is C17H28FN3. The zero-order chi connectivity index (χ0) is 15.4. The van der Waals surface area contributed by atoms with Crippen LogP contribution >= 0.6 is 0 Å². The normalized spacial score (nSPS) is 22.1. The highest BCUT2D eigenvalue weighted by Gasteiger charge is 2.22. The topological polar surface area (TPSA) is 18.5 Å². The maximum absolute atomic E-state index is 14.6. The molecule has 3 nitrogen and oxygen atoms in total. The third-order valence-corrected chi connectivity index (χ3v) is 4.34. The molecule has 0 saturated carbocycles. The van der Waals surface area contributed by atoms with Crippen LogP contribution in [0, 0.1) is 5.82 Å².